The smallest absolute Gasteiger partial charge is 0.254 e. The molecule has 34 heavy (non-hydrogen) atoms. The molecule has 1 atom stereocenters. The van der Waals surface area contributed by atoms with Gasteiger partial charge in [-0.05, 0) is 48.7 Å². The second-order valence-electron chi connectivity index (χ2n) is 8.25. The molecule has 0 bridgehead atoms. The normalized spacial score (nSPS) is 16.6. The minimum Gasteiger partial charge on any atom is -0.494 e. The second kappa shape index (κ2) is 11.5. The third-order valence-corrected chi connectivity index (χ3v) is 7.59. The van der Waals surface area contributed by atoms with E-state index < -0.39 is 15.9 Å². The highest BCUT2D eigenvalue weighted by Crippen LogP contribution is 2.39. The Bertz CT molecular complexity index is 1080. The molecule has 0 aliphatic carbocycles. The number of unbranched alkanes of at least 4 members (excludes halogenated alkanes) is 1. The summed E-state index contributed by atoms with van der Waals surface area (Å²) in [5.74, 6) is 1.76. The minimum absolute atomic E-state index is 0.0597. The summed E-state index contributed by atoms with van der Waals surface area (Å²) in [6.07, 6.45) is 2.33. The maximum absolute atomic E-state index is 13.6. The Kier molecular flexibility index (Phi) is 8.66. The molecule has 1 amide bonds. The van der Waals surface area contributed by atoms with Crippen LogP contribution in [0.4, 0.5) is 0 Å². The average Bonchev–Trinajstić information content (AvgIpc) is 3.20. The molecule has 0 spiro atoms. The second-order valence-corrected chi connectivity index (χ2v) is 10.5. The van der Waals surface area contributed by atoms with E-state index in [4.69, 9.17) is 18.9 Å². The van der Waals surface area contributed by atoms with Crippen LogP contribution in [0, 0.1) is 0 Å². The van der Waals surface area contributed by atoms with Gasteiger partial charge in [0.25, 0.3) is 5.91 Å². The van der Waals surface area contributed by atoms with Crippen LogP contribution in [0.5, 0.6) is 23.0 Å². The molecule has 1 aliphatic heterocycles. The number of benzene rings is 2. The topological polar surface area (TPSA) is 91.4 Å². The molecule has 1 fully saturated rings. The SMILES string of the molecule is CCCCOc1cccc(C(=O)N(Cc2cc(OC)c(OC)c(OC)c2)[C@H]2CCS(=O)(=O)C2)c1. The van der Waals surface area contributed by atoms with E-state index in [0.29, 0.717) is 41.6 Å². The Hall–Kier alpha value is -2.94. The fourth-order valence-corrected chi connectivity index (χ4v) is 5.76. The Morgan fingerprint density at radius 2 is 1.76 bits per heavy atom. The summed E-state index contributed by atoms with van der Waals surface area (Å²) >= 11 is 0. The van der Waals surface area contributed by atoms with E-state index in [2.05, 4.69) is 6.92 Å². The summed E-state index contributed by atoms with van der Waals surface area (Å²) < 4.78 is 46.5. The monoisotopic (exact) mass is 491 g/mol. The van der Waals surface area contributed by atoms with Gasteiger partial charge in [0.15, 0.2) is 21.3 Å². The van der Waals surface area contributed by atoms with Gasteiger partial charge in [-0.15, -0.1) is 0 Å². The summed E-state index contributed by atoms with van der Waals surface area (Å²) in [6.45, 7) is 2.85. The quantitative estimate of drug-likeness (QED) is 0.443. The van der Waals surface area contributed by atoms with E-state index >= 15 is 0 Å². The zero-order valence-corrected chi connectivity index (χ0v) is 21.0. The van der Waals surface area contributed by atoms with Crippen LogP contribution in [-0.2, 0) is 16.4 Å². The van der Waals surface area contributed by atoms with Gasteiger partial charge in [-0.3, -0.25) is 4.79 Å². The molecule has 0 aromatic heterocycles. The van der Waals surface area contributed by atoms with Crippen LogP contribution in [0.15, 0.2) is 36.4 Å². The van der Waals surface area contributed by atoms with Crippen molar-refractivity contribution in [1.82, 2.24) is 4.90 Å². The van der Waals surface area contributed by atoms with Crippen LogP contribution in [-0.4, -0.2) is 64.7 Å². The Morgan fingerprint density at radius 3 is 2.32 bits per heavy atom. The molecule has 2 aromatic carbocycles. The molecule has 2 aromatic rings. The number of amides is 1. The number of hydrogen-bond donors (Lipinski definition) is 0. The van der Waals surface area contributed by atoms with Crippen LogP contribution < -0.4 is 18.9 Å². The van der Waals surface area contributed by atoms with E-state index in [-0.39, 0.29) is 24.0 Å². The molecule has 0 radical (unpaired) electrons. The largest absolute Gasteiger partial charge is 0.494 e. The third-order valence-electron chi connectivity index (χ3n) is 5.84. The van der Waals surface area contributed by atoms with E-state index in [1.165, 1.54) is 21.3 Å². The fourth-order valence-electron chi connectivity index (χ4n) is 4.03. The predicted molar refractivity (Wildman–Crippen MR) is 130 cm³/mol. The Morgan fingerprint density at radius 1 is 1.06 bits per heavy atom. The van der Waals surface area contributed by atoms with Crippen molar-refractivity contribution in [2.45, 2.75) is 38.8 Å². The summed E-state index contributed by atoms with van der Waals surface area (Å²) in [5.41, 5.74) is 1.19. The van der Waals surface area contributed by atoms with E-state index in [1.807, 2.05) is 6.07 Å². The first-order chi connectivity index (χ1) is 16.3. The molecule has 1 aliphatic rings. The zero-order valence-electron chi connectivity index (χ0n) is 20.2. The maximum Gasteiger partial charge on any atom is 0.254 e. The number of sulfone groups is 1. The van der Waals surface area contributed by atoms with E-state index in [9.17, 15) is 13.2 Å². The Balaban J connectivity index is 1.94. The molecule has 0 saturated carbocycles. The van der Waals surface area contributed by atoms with Crippen LogP contribution in [0.2, 0.25) is 0 Å². The van der Waals surface area contributed by atoms with Gasteiger partial charge >= 0.3 is 0 Å². The highest BCUT2D eigenvalue weighted by atomic mass is 32.2. The van der Waals surface area contributed by atoms with Gasteiger partial charge < -0.3 is 23.8 Å². The van der Waals surface area contributed by atoms with E-state index in [1.54, 1.807) is 35.2 Å². The fraction of sp³-hybridized carbons (Fsp3) is 0.480. The molecule has 9 heteroatoms. The first-order valence-electron chi connectivity index (χ1n) is 11.3. The Labute approximate surface area is 201 Å². The molecule has 186 valence electrons. The first kappa shape index (κ1) is 25.7. The number of carbonyl (C=O) groups excluding carboxylic acids is 1. The van der Waals surface area contributed by atoms with Gasteiger partial charge in [0.05, 0.1) is 39.4 Å². The molecule has 3 rings (SSSR count). The summed E-state index contributed by atoms with van der Waals surface area (Å²) in [6, 6.07) is 10.1. The van der Waals surface area contributed by atoms with Crippen molar-refractivity contribution in [2.24, 2.45) is 0 Å². The minimum atomic E-state index is -3.20. The highest BCUT2D eigenvalue weighted by molar-refractivity contribution is 7.91. The van der Waals surface area contributed by atoms with Gasteiger partial charge in [0, 0.05) is 18.2 Å². The number of methoxy groups -OCH3 is 3. The average molecular weight is 492 g/mol. The summed E-state index contributed by atoms with van der Waals surface area (Å²) in [5, 5.41) is 0. The number of carbonyl (C=O) groups is 1. The molecule has 0 unspecified atom stereocenters. The van der Waals surface area contributed by atoms with Gasteiger partial charge in [-0.25, -0.2) is 8.42 Å². The van der Waals surface area contributed by atoms with Crippen LogP contribution in [0.1, 0.15) is 42.1 Å². The van der Waals surface area contributed by atoms with Crippen molar-refractivity contribution >= 4 is 15.7 Å². The third kappa shape index (κ3) is 6.14. The highest BCUT2D eigenvalue weighted by Gasteiger charge is 2.35. The zero-order chi connectivity index (χ0) is 24.7. The molecule has 0 N–H and O–H groups in total. The van der Waals surface area contributed by atoms with Crippen LogP contribution in [0.3, 0.4) is 0 Å². The van der Waals surface area contributed by atoms with Crippen LogP contribution >= 0.6 is 0 Å². The van der Waals surface area contributed by atoms with Crippen molar-refractivity contribution < 1.29 is 32.2 Å². The lowest BCUT2D eigenvalue weighted by Gasteiger charge is -2.29. The predicted octanol–water partition coefficient (Wildman–Crippen LogP) is 3.72. The van der Waals surface area contributed by atoms with Crippen molar-refractivity contribution in [1.29, 1.82) is 0 Å². The van der Waals surface area contributed by atoms with Gasteiger partial charge in [-0.1, -0.05) is 19.4 Å². The lowest BCUT2D eigenvalue weighted by Crippen LogP contribution is -2.40. The van der Waals surface area contributed by atoms with Crippen molar-refractivity contribution in [3.63, 3.8) is 0 Å². The number of rotatable bonds is 11. The van der Waals surface area contributed by atoms with Gasteiger partial charge in [-0.2, -0.15) is 0 Å². The molecular formula is C25H33NO7S. The lowest BCUT2D eigenvalue weighted by atomic mass is 10.1. The van der Waals surface area contributed by atoms with Crippen molar-refractivity contribution in [2.75, 3.05) is 39.4 Å². The maximum atomic E-state index is 13.6. The molecule has 1 saturated heterocycles. The van der Waals surface area contributed by atoms with Gasteiger partial charge in [0.2, 0.25) is 5.75 Å². The molecule has 8 nitrogen and oxygen atoms in total. The van der Waals surface area contributed by atoms with Crippen molar-refractivity contribution in [3.05, 3.63) is 47.5 Å². The molecule has 1 heterocycles. The standard InChI is InChI=1S/C25H33NO7S/c1-5-6-11-33-21-9-7-8-19(15-21)25(27)26(20-10-12-34(28,29)17-20)16-18-13-22(30-2)24(32-4)23(14-18)31-3/h7-9,13-15,20H,5-6,10-12,16-17H2,1-4H3/t20-/m0/s1. The first-order valence-corrected chi connectivity index (χ1v) is 13.2. The number of nitrogens with zero attached hydrogens (tertiary/aromatic N) is 1. The summed E-state index contributed by atoms with van der Waals surface area (Å²) in [4.78, 5) is 15.3. The number of ether oxygens (including phenoxy) is 4. The van der Waals surface area contributed by atoms with Crippen molar-refractivity contribution in [3.8, 4) is 23.0 Å². The number of hydrogen-bond acceptors (Lipinski definition) is 7. The van der Waals surface area contributed by atoms with Gasteiger partial charge in [0.1, 0.15) is 5.75 Å². The lowest BCUT2D eigenvalue weighted by molar-refractivity contribution is 0.0680. The van der Waals surface area contributed by atoms with E-state index in [0.717, 1.165) is 18.4 Å². The van der Waals surface area contributed by atoms with Crippen LogP contribution in [0.25, 0.3) is 0 Å². The summed E-state index contributed by atoms with van der Waals surface area (Å²) in [7, 11) is 1.38. The molecular weight excluding hydrogens is 458 g/mol.